The Balaban J connectivity index is 2.12. The van der Waals surface area contributed by atoms with E-state index in [0.29, 0.717) is 12.4 Å². The van der Waals surface area contributed by atoms with Crippen molar-refractivity contribution in [2.45, 2.75) is 6.54 Å². The highest BCUT2D eigenvalue weighted by Crippen LogP contribution is 2.12. The van der Waals surface area contributed by atoms with Crippen molar-refractivity contribution in [2.24, 2.45) is 0 Å². The highest BCUT2D eigenvalue weighted by atomic mass is 32.1. The third-order valence-electron chi connectivity index (χ3n) is 1.96. The zero-order valence-corrected chi connectivity index (χ0v) is 9.07. The normalized spacial score (nSPS) is 10.0. The second-order valence-corrected chi connectivity index (χ2v) is 3.76. The maximum absolute atomic E-state index is 10.9. The lowest BCUT2D eigenvalue weighted by atomic mass is 10.2. The van der Waals surface area contributed by atoms with Crippen LogP contribution in [0.2, 0.25) is 0 Å². The molecule has 0 aliphatic heterocycles. The van der Waals surface area contributed by atoms with E-state index in [-0.39, 0.29) is 5.56 Å². The van der Waals surface area contributed by atoms with Gasteiger partial charge < -0.3 is 10.4 Å². The number of thiazole rings is 1. The molecule has 2 aromatic rings. The summed E-state index contributed by atoms with van der Waals surface area (Å²) in [6, 6.07) is 3.11. The van der Waals surface area contributed by atoms with Crippen molar-refractivity contribution in [3.05, 3.63) is 40.5 Å². The summed E-state index contributed by atoms with van der Waals surface area (Å²) in [5.41, 5.74) is 2.76. The van der Waals surface area contributed by atoms with Crippen molar-refractivity contribution < 1.29 is 9.90 Å². The van der Waals surface area contributed by atoms with Crippen molar-refractivity contribution in [2.75, 3.05) is 5.32 Å². The third-order valence-corrected chi connectivity index (χ3v) is 2.59. The number of aromatic carboxylic acids is 1. The third kappa shape index (κ3) is 2.34. The Morgan fingerprint density at radius 2 is 2.38 bits per heavy atom. The Morgan fingerprint density at radius 1 is 1.50 bits per heavy atom. The van der Waals surface area contributed by atoms with Gasteiger partial charge in [-0.2, -0.15) is 0 Å². The summed E-state index contributed by atoms with van der Waals surface area (Å²) in [6.45, 7) is 0.473. The molecule has 2 rings (SSSR count). The van der Waals surface area contributed by atoms with Crippen LogP contribution in [0.1, 0.15) is 16.1 Å². The first-order chi connectivity index (χ1) is 7.77. The van der Waals surface area contributed by atoms with Gasteiger partial charge in [0.25, 0.3) is 0 Å². The van der Waals surface area contributed by atoms with Crippen molar-refractivity contribution in [3.63, 3.8) is 0 Å². The van der Waals surface area contributed by atoms with Gasteiger partial charge in [-0.1, -0.05) is 0 Å². The highest BCUT2D eigenvalue weighted by molar-refractivity contribution is 7.07. The summed E-state index contributed by atoms with van der Waals surface area (Å²) in [6.07, 6.45) is 1.55. The summed E-state index contributed by atoms with van der Waals surface area (Å²) in [5, 5.41) is 13.8. The number of hydrogen-bond donors (Lipinski definition) is 2. The molecule has 82 valence electrons. The largest absolute Gasteiger partial charge is 0.478 e. The standard InChI is InChI=1S/C10H9N3O2S/c14-10(15)8-2-1-3-11-9(8)12-4-7-5-16-6-13-7/h1-3,5-6H,4H2,(H,11,12)(H,14,15). The van der Waals surface area contributed by atoms with Crippen LogP contribution < -0.4 is 5.32 Å². The summed E-state index contributed by atoms with van der Waals surface area (Å²) >= 11 is 1.50. The lowest BCUT2D eigenvalue weighted by molar-refractivity contribution is 0.0697. The van der Waals surface area contributed by atoms with Crippen molar-refractivity contribution in [1.82, 2.24) is 9.97 Å². The number of nitrogens with one attached hydrogen (secondary N) is 1. The molecule has 0 radical (unpaired) electrons. The van der Waals surface area contributed by atoms with Crippen molar-refractivity contribution in [3.8, 4) is 0 Å². The first-order valence-corrected chi connectivity index (χ1v) is 5.51. The second-order valence-electron chi connectivity index (χ2n) is 3.04. The molecular formula is C10H9N3O2S. The maximum atomic E-state index is 10.9. The fourth-order valence-electron chi connectivity index (χ4n) is 1.22. The minimum atomic E-state index is -0.992. The number of aromatic nitrogens is 2. The van der Waals surface area contributed by atoms with E-state index in [1.807, 2.05) is 5.38 Å². The number of carbonyl (C=O) groups is 1. The molecule has 0 amide bonds. The molecule has 16 heavy (non-hydrogen) atoms. The van der Waals surface area contributed by atoms with E-state index in [9.17, 15) is 4.79 Å². The van der Waals surface area contributed by atoms with Crippen LogP contribution in [0.3, 0.4) is 0 Å². The van der Waals surface area contributed by atoms with Gasteiger partial charge in [0.2, 0.25) is 0 Å². The Bertz CT molecular complexity index is 485. The minimum Gasteiger partial charge on any atom is -0.478 e. The Kier molecular flexibility index (Phi) is 3.11. The lowest BCUT2D eigenvalue weighted by Gasteiger charge is -2.06. The fourth-order valence-corrected chi connectivity index (χ4v) is 1.78. The van der Waals surface area contributed by atoms with Crippen molar-refractivity contribution >= 4 is 23.1 Å². The van der Waals surface area contributed by atoms with Gasteiger partial charge >= 0.3 is 5.97 Å². The highest BCUT2D eigenvalue weighted by Gasteiger charge is 2.09. The summed E-state index contributed by atoms with van der Waals surface area (Å²) in [7, 11) is 0. The van der Waals surface area contributed by atoms with Crippen LogP contribution in [0.5, 0.6) is 0 Å². The number of carboxylic acid groups (broad SMARTS) is 1. The molecule has 5 nitrogen and oxygen atoms in total. The lowest BCUT2D eigenvalue weighted by Crippen LogP contribution is -2.08. The fraction of sp³-hybridized carbons (Fsp3) is 0.100. The summed E-state index contributed by atoms with van der Waals surface area (Å²) < 4.78 is 0. The minimum absolute atomic E-state index is 0.165. The maximum Gasteiger partial charge on any atom is 0.339 e. The molecule has 0 atom stereocenters. The van der Waals surface area contributed by atoms with E-state index in [0.717, 1.165) is 5.69 Å². The summed E-state index contributed by atoms with van der Waals surface area (Å²) in [4.78, 5) is 19.0. The predicted molar refractivity (Wildman–Crippen MR) is 60.6 cm³/mol. The van der Waals surface area contributed by atoms with Crippen LogP contribution in [0.15, 0.2) is 29.2 Å². The molecule has 0 bridgehead atoms. The Labute approximate surface area is 95.8 Å². The molecular weight excluding hydrogens is 226 g/mol. The van der Waals surface area contributed by atoms with Gasteiger partial charge in [-0.05, 0) is 12.1 Å². The van der Waals surface area contributed by atoms with E-state index in [2.05, 4.69) is 15.3 Å². The quantitative estimate of drug-likeness (QED) is 0.845. The number of nitrogens with zero attached hydrogens (tertiary/aromatic N) is 2. The van der Waals surface area contributed by atoms with Crippen LogP contribution in [0.25, 0.3) is 0 Å². The monoisotopic (exact) mass is 235 g/mol. The van der Waals surface area contributed by atoms with Gasteiger partial charge in [-0.3, -0.25) is 0 Å². The van der Waals surface area contributed by atoms with Crippen LogP contribution in [0, 0.1) is 0 Å². The van der Waals surface area contributed by atoms with Gasteiger partial charge in [-0.15, -0.1) is 11.3 Å². The zero-order chi connectivity index (χ0) is 11.4. The van der Waals surface area contributed by atoms with E-state index >= 15 is 0 Å². The molecule has 0 saturated heterocycles. The number of anilines is 1. The first kappa shape index (κ1) is 10.6. The average molecular weight is 235 g/mol. The molecule has 0 saturated carbocycles. The van der Waals surface area contributed by atoms with Gasteiger partial charge in [0.05, 0.1) is 17.7 Å². The molecule has 2 aromatic heterocycles. The number of pyridine rings is 1. The smallest absolute Gasteiger partial charge is 0.339 e. The van der Waals surface area contributed by atoms with Crippen LogP contribution in [0.4, 0.5) is 5.82 Å². The van der Waals surface area contributed by atoms with Gasteiger partial charge in [0.15, 0.2) is 0 Å². The molecule has 0 spiro atoms. The van der Waals surface area contributed by atoms with Gasteiger partial charge in [0.1, 0.15) is 11.4 Å². The molecule has 0 aliphatic carbocycles. The van der Waals surface area contributed by atoms with Crippen molar-refractivity contribution in [1.29, 1.82) is 0 Å². The second kappa shape index (κ2) is 4.71. The molecule has 0 aromatic carbocycles. The number of carboxylic acids is 1. The van der Waals surface area contributed by atoms with Crippen LogP contribution in [-0.4, -0.2) is 21.0 Å². The molecule has 6 heteroatoms. The summed E-state index contributed by atoms with van der Waals surface area (Å²) in [5.74, 6) is -0.628. The van der Waals surface area contributed by atoms with Crippen LogP contribution in [-0.2, 0) is 6.54 Å². The van der Waals surface area contributed by atoms with E-state index < -0.39 is 5.97 Å². The van der Waals surface area contributed by atoms with Crippen LogP contribution >= 0.6 is 11.3 Å². The molecule has 2 heterocycles. The first-order valence-electron chi connectivity index (χ1n) is 4.56. The van der Waals surface area contributed by atoms with E-state index in [4.69, 9.17) is 5.11 Å². The average Bonchev–Trinajstić information content (AvgIpc) is 2.79. The van der Waals surface area contributed by atoms with Gasteiger partial charge in [0, 0.05) is 11.6 Å². The molecule has 0 aliphatic rings. The molecule has 0 fully saturated rings. The predicted octanol–water partition coefficient (Wildman–Crippen LogP) is 1.85. The topological polar surface area (TPSA) is 75.1 Å². The number of hydrogen-bond acceptors (Lipinski definition) is 5. The molecule has 2 N–H and O–H groups in total. The number of rotatable bonds is 4. The Hall–Kier alpha value is -1.95. The van der Waals surface area contributed by atoms with E-state index in [1.54, 1.807) is 17.8 Å². The zero-order valence-electron chi connectivity index (χ0n) is 8.25. The van der Waals surface area contributed by atoms with Gasteiger partial charge in [-0.25, -0.2) is 14.8 Å². The Morgan fingerprint density at radius 3 is 3.06 bits per heavy atom. The SMILES string of the molecule is O=C(O)c1cccnc1NCc1cscn1. The van der Waals surface area contributed by atoms with E-state index in [1.165, 1.54) is 17.4 Å². The molecule has 0 unspecified atom stereocenters.